The van der Waals surface area contributed by atoms with Gasteiger partial charge in [-0.1, -0.05) is 6.07 Å². The first kappa shape index (κ1) is 21.0. The number of esters is 1. The molecule has 1 aromatic carbocycles. The van der Waals surface area contributed by atoms with Crippen molar-refractivity contribution >= 4 is 11.9 Å². The van der Waals surface area contributed by atoms with E-state index in [1.165, 1.54) is 20.0 Å². The number of nitrogens with zero attached hydrogens (tertiary/aromatic N) is 1. The van der Waals surface area contributed by atoms with Crippen LogP contribution in [0.3, 0.4) is 0 Å². The van der Waals surface area contributed by atoms with Crippen molar-refractivity contribution in [3.8, 4) is 11.5 Å². The number of carbonyl (C=O) groups is 2. The van der Waals surface area contributed by atoms with Crippen LogP contribution >= 0.6 is 0 Å². The molecule has 2 saturated carbocycles. The molecule has 1 saturated heterocycles. The van der Waals surface area contributed by atoms with Crippen LogP contribution in [-0.2, 0) is 26.2 Å². The van der Waals surface area contributed by atoms with Crippen LogP contribution in [0.1, 0.15) is 43.2 Å². The zero-order valence-corrected chi connectivity index (χ0v) is 18.8. The Morgan fingerprint density at radius 3 is 2.85 bits per heavy atom. The molecule has 176 valence electrons. The van der Waals surface area contributed by atoms with Gasteiger partial charge in [0.1, 0.15) is 6.10 Å². The summed E-state index contributed by atoms with van der Waals surface area (Å²) in [6.07, 6.45) is 6.84. The van der Waals surface area contributed by atoms with Crippen LogP contribution in [0.2, 0.25) is 0 Å². The Kier molecular flexibility index (Phi) is 4.58. The number of methoxy groups -OCH3 is 1. The number of phenols is 1. The van der Waals surface area contributed by atoms with Crippen molar-refractivity contribution in [2.75, 3.05) is 20.2 Å². The van der Waals surface area contributed by atoms with Gasteiger partial charge in [0.05, 0.1) is 24.2 Å². The molecule has 6 rings (SSSR count). The predicted molar refractivity (Wildman–Crippen MR) is 118 cm³/mol. The molecule has 1 amide bonds. The molecule has 2 aliphatic heterocycles. The summed E-state index contributed by atoms with van der Waals surface area (Å²) in [5.74, 6) is 0.256. The second kappa shape index (κ2) is 7.21. The predicted octanol–water partition coefficient (Wildman–Crippen LogP) is 1.17. The third-order valence-electron chi connectivity index (χ3n) is 8.66. The molecule has 33 heavy (non-hydrogen) atoms. The van der Waals surface area contributed by atoms with Crippen LogP contribution in [0.5, 0.6) is 11.5 Å². The number of aromatic hydroxyl groups is 1. The van der Waals surface area contributed by atoms with Gasteiger partial charge in [0.15, 0.2) is 11.5 Å². The summed E-state index contributed by atoms with van der Waals surface area (Å²) >= 11 is 0. The SMILES string of the molecule is COC(=O)/C=C/C(=O)NC1CC[C@@]2(O)C3Cc4ccc(O)c5c4C2(CCN3CC2CC2)[C@H]1O5. The molecule has 1 aromatic rings. The second-order valence-corrected chi connectivity index (χ2v) is 10.3. The molecule has 5 atom stereocenters. The number of benzene rings is 1. The summed E-state index contributed by atoms with van der Waals surface area (Å²) in [6, 6.07) is 3.29. The summed E-state index contributed by atoms with van der Waals surface area (Å²) in [7, 11) is 1.26. The van der Waals surface area contributed by atoms with Gasteiger partial charge in [-0.25, -0.2) is 4.79 Å². The monoisotopic (exact) mass is 454 g/mol. The Balaban J connectivity index is 1.38. The highest BCUT2D eigenvalue weighted by Gasteiger charge is 2.73. The highest BCUT2D eigenvalue weighted by atomic mass is 16.5. The molecule has 3 unspecified atom stereocenters. The number of nitrogens with one attached hydrogen (secondary N) is 1. The van der Waals surface area contributed by atoms with Crippen LogP contribution in [0.15, 0.2) is 24.3 Å². The summed E-state index contributed by atoms with van der Waals surface area (Å²) in [5, 5.41) is 26.0. The lowest BCUT2D eigenvalue weighted by Crippen LogP contribution is -2.78. The maximum atomic E-state index is 12.6. The van der Waals surface area contributed by atoms with E-state index in [4.69, 9.17) is 4.74 Å². The Hall–Kier alpha value is -2.58. The normalized spacial score (nSPS) is 36.2. The highest BCUT2D eigenvalue weighted by Crippen LogP contribution is 2.65. The lowest BCUT2D eigenvalue weighted by atomic mass is 9.48. The van der Waals surface area contributed by atoms with E-state index in [0.29, 0.717) is 25.0 Å². The molecule has 8 heteroatoms. The zero-order chi connectivity index (χ0) is 23.0. The number of piperidine rings is 1. The maximum Gasteiger partial charge on any atom is 0.330 e. The van der Waals surface area contributed by atoms with E-state index in [0.717, 1.165) is 48.7 Å². The van der Waals surface area contributed by atoms with E-state index in [1.807, 2.05) is 6.07 Å². The van der Waals surface area contributed by atoms with E-state index in [9.17, 15) is 19.8 Å². The molecule has 1 spiro atoms. The Morgan fingerprint density at radius 1 is 1.27 bits per heavy atom. The van der Waals surface area contributed by atoms with E-state index < -0.39 is 29.0 Å². The minimum Gasteiger partial charge on any atom is -0.504 e. The van der Waals surface area contributed by atoms with Crippen molar-refractivity contribution < 1.29 is 29.3 Å². The average molecular weight is 455 g/mol. The van der Waals surface area contributed by atoms with Gasteiger partial charge in [0.25, 0.3) is 0 Å². The zero-order valence-electron chi connectivity index (χ0n) is 18.8. The highest BCUT2D eigenvalue weighted by molar-refractivity contribution is 5.94. The standard InChI is InChI=1S/C25H30N2O6/c1-32-20(30)7-6-19(29)26-16-8-9-25(31)18-12-15-4-5-17(28)22-21(15)24(25,23(16)33-22)10-11-27(18)13-14-2-3-14/h4-7,14,16,18,23,28,31H,2-3,8-13H2,1H3,(H,26,29)/b7-6+/t16?,18?,23-,24?,25+/m0/s1. The van der Waals surface area contributed by atoms with Gasteiger partial charge in [-0.05, 0) is 62.6 Å². The Morgan fingerprint density at radius 2 is 2.09 bits per heavy atom. The molecule has 0 aromatic heterocycles. The van der Waals surface area contributed by atoms with Crippen molar-refractivity contribution in [2.45, 2.75) is 67.7 Å². The fraction of sp³-hybridized carbons (Fsp3) is 0.600. The number of phenolic OH excluding ortho intramolecular Hbond substituents is 1. The third-order valence-corrected chi connectivity index (χ3v) is 8.66. The number of aliphatic hydroxyl groups is 1. The third kappa shape index (κ3) is 2.89. The quantitative estimate of drug-likeness (QED) is 0.453. The van der Waals surface area contributed by atoms with Crippen LogP contribution in [0, 0.1) is 5.92 Å². The molecule has 2 bridgehead atoms. The van der Waals surface area contributed by atoms with Crippen LogP contribution in [0.25, 0.3) is 0 Å². The van der Waals surface area contributed by atoms with Crippen molar-refractivity contribution in [1.29, 1.82) is 0 Å². The van der Waals surface area contributed by atoms with Gasteiger partial charge in [0.2, 0.25) is 5.91 Å². The molecule has 3 N–H and O–H groups in total. The van der Waals surface area contributed by atoms with Crippen molar-refractivity contribution in [3.05, 3.63) is 35.4 Å². The summed E-state index contributed by atoms with van der Waals surface area (Å²) < 4.78 is 11.0. The van der Waals surface area contributed by atoms with Gasteiger partial charge < -0.3 is 25.0 Å². The molecule has 3 fully saturated rings. The lowest BCUT2D eigenvalue weighted by molar-refractivity contribution is -0.192. The van der Waals surface area contributed by atoms with Crippen molar-refractivity contribution in [1.82, 2.24) is 10.2 Å². The van der Waals surface area contributed by atoms with Crippen LogP contribution in [0.4, 0.5) is 0 Å². The van der Waals surface area contributed by atoms with Gasteiger partial charge >= 0.3 is 5.97 Å². The summed E-state index contributed by atoms with van der Waals surface area (Å²) in [5.41, 5.74) is 0.390. The number of likely N-dealkylation sites (tertiary alicyclic amines) is 1. The lowest BCUT2D eigenvalue weighted by Gasteiger charge is -2.64. The molecule has 2 heterocycles. The topological polar surface area (TPSA) is 108 Å². The number of hydrogen-bond donors (Lipinski definition) is 3. The Labute approximate surface area is 192 Å². The number of carbonyl (C=O) groups excluding carboxylic acids is 2. The fourth-order valence-corrected chi connectivity index (χ4v) is 7.07. The maximum absolute atomic E-state index is 12.6. The summed E-state index contributed by atoms with van der Waals surface area (Å²) in [4.78, 5) is 26.4. The number of hydrogen-bond acceptors (Lipinski definition) is 7. The minimum absolute atomic E-state index is 0.00295. The van der Waals surface area contributed by atoms with E-state index in [1.54, 1.807) is 6.07 Å². The van der Waals surface area contributed by atoms with Gasteiger partial charge in [-0.2, -0.15) is 0 Å². The first-order valence-corrected chi connectivity index (χ1v) is 11.9. The molecule has 3 aliphatic carbocycles. The molecular weight excluding hydrogens is 424 g/mol. The smallest absolute Gasteiger partial charge is 0.330 e. The van der Waals surface area contributed by atoms with Gasteiger partial charge in [-0.3, -0.25) is 9.69 Å². The van der Waals surface area contributed by atoms with Crippen molar-refractivity contribution in [3.63, 3.8) is 0 Å². The number of rotatable bonds is 5. The molecular formula is C25H30N2O6. The van der Waals surface area contributed by atoms with E-state index >= 15 is 0 Å². The molecule has 0 radical (unpaired) electrons. The minimum atomic E-state index is -0.986. The number of amides is 1. The van der Waals surface area contributed by atoms with Crippen molar-refractivity contribution in [2.24, 2.45) is 5.92 Å². The first-order valence-electron chi connectivity index (χ1n) is 11.9. The first-order chi connectivity index (χ1) is 15.9. The summed E-state index contributed by atoms with van der Waals surface area (Å²) in [6.45, 7) is 1.88. The average Bonchev–Trinajstić information content (AvgIpc) is 3.54. The second-order valence-electron chi connectivity index (χ2n) is 10.3. The fourth-order valence-electron chi connectivity index (χ4n) is 7.07. The van der Waals surface area contributed by atoms with E-state index in [2.05, 4.69) is 15.0 Å². The van der Waals surface area contributed by atoms with Gasteiger partial charge in [-0.15, -0.1) is 0 Å². The van der Waals surface area contributed by atoms with Gasteiger partial charge in [0, 0.05) is 30.3 Å². The molecule has 8 nitrogen and oxygen atoms in total. The number of ether oxygens (including phenoxy) is 2. The van der Waals surface area contributed by atoms with Crippen LogP contribution < -0.4 is 10.1 Å². The van der Waals surface area contributed by atoms with E-state index in [-0.39, 0.29) is 17.8 Å². The van der Waals surface area contributed by atoms with Crippen LogP contribution in [-0.4, -0.2) is 71.0 Å². The molecule has 5 aliphatic rings. The largest absolute Gasteiger partial charge is 0.504 e. The Bertz CT molecular complexity index is 1050.